The van der Waals surface area contributed by atoms with Crippen LogP contribution in [0.2, 0.25) is 0 Å². The number of unbranched alkanes of at least 4 members (excludes halogenated alkanes) is 3. The molecule has 0 bridgehead atoms. The summed E-state index contributed by atoms with van der Waals surface area (Å²) in [5.74, 6) is -0.919. The molecule has 314 valence electrons. The second-order valence-electron chi connectivity index (χ2n) is 14.1. The number of nitrogens with one attached hydrogen (secondary N) is 4. The number of benzene rings is 2. The predicted octanol–water partition coefficient (Wildman–Crippen LogP) is 3.85. The molecule has 0 saturated carbocycles. The van der Waals surface area contributed by atoms with Gasteiger partial charge in [0.25, 0.3) is 17.7 Å². The molecule has 18 nitrogen and oxygen atoms in total. The molecular formula is C42H47N9O9. The second kappa shape index (κ2) is 20.5. The third-order valence-electron chi connectivity index (χ3n) is 10.1. The van der Waals surface area contributed by atoms with Gasteiger partial charge in [0, 0.05) is 49.1 Å². The van der Waals surface area contributed by atoms with E-state index in [4.69, 9.17) is 18.6 Å². The van der Waals surface area contributed by atoms with Gasteiger partial charge in [-0.1, -0.05) is 31.0 Å². The average Bonchev–Trinajstić information content (AvgIpc) is 4.03. The highest BCUT2D eigenvalue weighted by atomic mass is 16.5. The number of carbonyl (C=O) groups is 5. The van der Waals surface area contributed by atoms with Gasteiger partial charge in [-0.05, 0) is 61.2 Å². The number of ether oxygens (including phenoxy) is 3. The predicted molar refractivity (Wildman–Crippen MR) is 217 cm³/mol. The number of amides is 5. The smallest absolute Gasteiger partial charge is 0.264 e. The van der Waals surface area contributed by atoms with Crippen LogP contribution < -0.4 is 21.3 Å². The van der Waals surface area contributed by atoms with Crippen molar-refractivity contribution in [2.75, 3.05) is 63.4 Å². The standard InChI is InChI=1S/C42H47N9O9/c52-35-15-14-34(39(54)48-35)51-40(55)31-8-5-9-33(36(31)41(51)56)43-17-20-58-22-24-59-23-21-57-18-4-2-1-3-16-44-38(53)29-12-10-28(11-13-29)32-26-46-42(50-27-47-49-37(32)50)45-25-30-7-6-19-60-30/h5-13,19,26-27,34,43H,1-4,14-18,20-25H2,(H,44,53)(H,45,46)(H,48,52,54). The number of hydrogen-bond acceptors (Lipinski definition) is 14. The zero-order chi connectivity index (χ0) is 41.7. The molecule has 1 saturated heterocycles. The molecule has 5 amide bonds. The number of aromatic nitrogens is 4. The van der Waals surface area contributed by atoms with Crippen molar-refractivity contribution in [3.63, 3.8) is 0 Å². The Hall–Kier alpha value is -6.50. The van der Waals surface area contributed by atoms with E-state index in [1.54, 1.807) is 53.5 Å². The fourth-order valence-corrected chi connectivity index (χ4v) is 6.98. The van der Waals surface area contributed by atoms with Crippen LogP contribution >= 0.6 is 0 Å². The average molecular weight is 822 g/mol. The van der Waals surface area contributed by atoms with Crippen molar-refractivity contribution < 1.29 is 42.6 Å². The van der Waals surface area contributed by atoms with Crippen LogP contribution in [0.3, 0.4) is 0 Å². The number of anilines is 2. The fourth-order valence-electron chi connectivity index (χ4n) is 6.98. The Bertz CT molecular complexity index is 2280. The molecule has 18 heteroatoms. The Labute approximate surface area is 345 Å². The minimum Gasteiger partial charge on any atom is -0.467 e. The molecule has 1 unspecified atom stereocenters. The maximum atomic E-state index is 13.2. The summed E-state index contributed by atoms with van der Waals surface area (Å²) in [6.07, 6.45) is 8.88. The number of carbonyl (C=O) groups excluding carboxylic acids is 5. The number of furan rings is 1. The van der Waals surface area contributed by atoms with Gasteiger partial charge in [0.2, 0.25) is 17.8 Å². The lowest BCUT2D eigenvalue weighted by Crippen LogP contribution is -2.54. The van der Waals surface area contributed by atoms with Crippen LogP contribution in [-0.2, 0) is 30.3 Å². The molecule has 60 heavy (non-hydrogen) atoms. The number of piperidine rings is 1. The summed E-state index contributed by atoms with van der Waals surface area (Å²) in [5, 5.41) is 19.9. The van der Waals surface area contributed by atoms with E-state index in [9.17, 15) is 24.0 Å². The van der Waals surface area contributed by atoms with Gasteiger partial charge in [-0.25, -0.2) is 4.98 Å². The third-order valence-corrected chi connectivity index (χ3v) is 10.1. The topological polar surface area (TPSA) is 221 Å². The summed E-state index contributed by atoms with van der Waals surface area (Å²) in [7, 11) is 0. The Morgan fingerprint density at radius 2 is 1.60 bits per heavy atom. The number of nitrogens with zero attached hydrogens (tertiary/aromatic N) is 5. The molecule has 7 rings (SSSR count). The molecule has 0 spiro atoms. The number of hydrogen-bond donors (Lipinski definition) is 4. The maximum absolute atomic E-state index is 13.2. The molecule has 5 heterocycles. The zero-order valence-corrected chi connectivity index (χ0v) is 33.0. The minimum atomic E-state index is -1.01. The maximum Gasteiger partial charge on any atom is 0.264 e. The quantitative estimate of drug-likeness (QED) is 0.0544. The first-order chi connectivity index (χ1) is 29.4. The molecule has 2 aromatic carbocycles. The van der Waals surface area contributed by atoms with Gasteiger partial charge >= 0.3 is 0 Å². The summed E-state index contributed by atoms with van der Waals surface area (Å²) >= 11 is 0. The Balaban J connectivity index is 0.690. The van der Waals surface area contributed by atoms with Crippen LogP contribution in [0, 0.1) is 0 Å². The first-order valence-electron chi connectivity index (χ1n) is 20.0. The van der Waals surface area contributed by atoms with E-state index < -0.39 is 29.7 Å². The first-order valence-corrected chi connectivity index (χ1v) is 20.0. The monoisotopic (exact) mass is 821 g/mol. The Morgan fingerprint density at radius 1 is 0.817 bits per heavy atom. The molecule has 2 aliphatic rings. The van der Waals surface area contributed by atoms with E-state index in [1.165, 1.54) is 0 Å². The van der Waals surface area contributed by atoms with Crippen LogP contribution in [0.1, 0.15) is 75.4 Å². The molecule has 0 aliphatic carbocycles. The summed E-state index contributed by atoms with van der Waals surface area (Å²) in [6, 6.07) is 15.0. The van der Waals surface area contributed by atoms with Crippen molar-refractivity contribution >= 4 is 46.8 Å². The minimum absolute atomic E-state index is 0.0633. The van der Waals surface area contributed by atoms with E-state index in [0.29, 0.717) is 82.1 Å². The molecular weight excluding hydrogens is 775 g/mol. The van der Waals surface area contributed by atoms with Crippen molar-refractivity contribution in [3.8, 4) is 11.1 Å². The molecule has 2 aliphatic heterocycles. The van der Waals surface area contributed by atoms with E-state index in [1.807, 2.05) is 24.3 Å². The summed E-state index contributed by atoms with van der Waals surface area (Å²) in [5.41, 5.74) is 3.80. The molecule has 4 N–H and O–H groups in total. The van der Waals surface area contributed by atoms with Gasteiger partial charge < -0.3 is 34.6 Å². The van der Waals surface area contributed by atoms with Crippen LogP contribution in [0.25, 0.3) is 16.8 Å². The van der Waals surface area contributed by atoms with Crippen molar-refractivity contribution in [1.29, 1.82) is 0 Å². The molecule has 3 aromatic heterocycles. The van der Waals surface area contributed by atoms with Crippen molar-refractivity contribution in [3.05, 3.63) is 95.8 Å². The lowest BCUT2D eigenvalue weighted by atomic mass is 10.0. The molecule has 1 fully saturated rings. The highest BCUT2D eigenvalue weighted by Crippen LogP contribution is 2.32. The highest BCUT2D eigenvalue weighted by molar-refractivity contribution is 6.25. The van der Waals surface area contributed by atoms with E-state index >= 15 is 0 Å². The summed E-state index contributed by atoms with van der Waals surface area (Å²) in [4.78, 5) is 68.3. The molecule has 5 aromatic rings. The summed E-state index contributed by atoms with van der Waals surface area (Å²) < 4.78 is 24.1. The van der Waals surface area contributed by atoms with Gasteiger partial charge in [-0.3, -0.25) is 38.6 Å². The van der Waals surface area contributed by atoms with Gasteiger partial charge in [0.1, 0.15) is 18.1 Å². The van der Waals surface area contributed by atoms with E-state index in [0.717, 1.165) is 47.5 Å². The number of fused-ring (bicyclic) bond motifs is 2. The molecule has 0 radical (unpaired) electrons. The first kappa shape index (κ1) is 41.7. The Kier molecular flexibility index (Phi) is 14.2. The number of imide groups is 2. The van der Waals surface area contributed by atoms with Crippen molar-refractivity contribution in [2.45, 2.75) is 51.1 Å². The van der Waals surface area contributed by atoms with Crippen LogP contribution in [0.5, 0.6) is 0 Å². The number of rotatable bonds is 23. The zero-order valence-electron chi connectivity index (χ0n) is 33.0. The van der Waals surface area contributed by atoms with Crippen LogP contribution in [0.4, 0.5) is 11.6 Å². The van der Waals surface area contributed by atoms with Gasteiger partial charge in [0.05, 0.1) is 57.0 Å². The van der Waals surface area contributed by atoms with Gasteiger partial charge in [0.15, 0.2) is 5.65 Å². The van der Waals surface area contributed by atoms with Crippen LogP contribution in [-0.4, -0.2) is 113 Å². The normalized spacial score (nSPS) is 15.1. The van der Waals surface area contributed by atoms with Gasteiger partial charge in [-0.2, -0.15) is 0 Å². The summed E-state index contributed by atoms with van der Waals surface area (Å²) in [6.45, 7) is 4.13. The fraction of sp³-hybridized carbons (Fsp3) is 0.381. The lowest BCUT2D eigenvalue weighted by Gasteiger charge is -2.27. The molecule has 1 atom stereocenters. The second-order valence-corrected chi connectivity index (χ2v) is 14.1. The Morgan fingerprint density at radius 3 is 2.38 bits per heavy atom. The van der Waals surface area contributed by atoms with Gasteiger partial charge in [-0.15, -0.1) is 10.2 Å². The van der Waals surface area contributed by atoms with Crippen LogP contribution in [0.15, 0.2) is 77.8 Å². The van der Waals surface area contributed by atoms with E-state index in [-0.39, 0.29) is 29.9 Å². The lowest BCUT2D eigenvalue weighted by molar-refractivity contribution is -0.136. The largest absolute Gasteiger partial charge is 0.467 e. The SMILES string of the molecule is O=C1CCC(N2C(=O)c3cccc(NCCOCCOCCOCCCCCCNC(=O)c4ccc(-c5cnc(NCc6ccco6)n6cnnc56)cc4)c3C2=O)C(=O)N1. The van der Waals surface area contributed by atoms with Crippen molar-refractivity contribution in [1.82, 2.24) is 35.1 Å². The third kappa shape index (κ3) is 10.2. The highest BCUT2D eigenvalue weighted by Gasteiger charge is 2.45. The van der Waals surface area contributed by atoms with E-state index in [2.05, 4.69) is 36.4 Å². The van der Waals surface area contributed by atoms with Crippen molar-refractivity contribution in [2.24, 2.45) is 0 Å².